The lowest BCUT2D eigenvalue weighted by Crippen LogP contribution is -2.18. The molecule has 0 fully saturated rings. The molecular weight excluding hydrogens is 460 g/mol. The molecule has 1 aliphatic carbocycles. The molecule has 0 aromatic heterocycles. The van der Waals surface area contributed by atoms with Crippen molar-refractivity contribution in [3.05, 3.63) is 76.9 Å². The molecule has 0 saturated carbocycles. The van der Waals surface area contributed by atoms with Crippen LogP contribution in [0.2, 0.25) is 0 Å². The first kappa shape index (κ1) is 26.4. The minimum absolute atomic E-state index is 0.141. The van der Waals surface area contributed by atoms with Crippen molar-refractivity contribution < 1.29 is 19.9 Å². The molecular formula is C28H34N2O4S. The Morgan fingerprint density at radius 1 is 0.943 bits per heavy atom. The number of ether oxygens (including phenoxy) is 2. The topological polar surface area (TPSA) is 83.6 Å². The van der Waals surface area contributed by atoms with Crippen LogP contribution in [0.15, 0.2) is 64.9 Å². The van der Waals surface area contributed by atoms with Crippen LogP contribution in [0, 0.1) is 0 Å². The number of hydrogen-bond donors (Lipinski definition) is 2. The summed E-state index contributed by atoms with van der Waals surface area (Å²) in [6.45, 7) is 2.21. The molecule has 35 heavy (non-hydrogen) atoms. The maximum atomic E-state index is 9.72. The molecule has 0 bridgehead atoms. The third kappa shape index (κ3) is 6.48. The molecule has 0 saturated heterocycles. The zero-order chi connectivity index (χ0) is 25.0. The number of rotatable bonds is 12. The van der Waals surface area contributed by atoms with Gasteiger partial charge in [-0.3, -0.25) is 0 Å². The predicted molar refractivity (Wildman–Crippen MR) is 145 cm³/mol. The zero-order valence-electron chi connectivity index (χ0n) is 20.6. The van der Waals surface area contributed by atoms with Gasteiger partial charge in [0, 0.05) is 16.6 Å². The number of unbranched alkanes of at least 4 members (excludes halogenated alkanes) is 3. The molecule has 3 rings (SSSR count). The first-order valence-corrected chi connectivity index (χ1v) is 13.0. The van der Waals surface area contributed by atoms with Gasteiger partial charge in [0.2, 0.25) is 0 Å². The van der Waals surface area contributed by atoms with Crippen molar-refractivity contribution in [2.45, 2.75) is 44.3 Å². The van der Waals surface area contributed by atoms with Crippen molar-refractivity contribution in [3.8, 4) is 11.5 Å². The van der Waals surface area contributed by atoms with Gasteiger partial charge in [0.25, 0.3) is 0 Å². The van der Waals surface area contributed by atoms with E-state index in [1.54, 1.807) is 26.4 Å². The average Bonchev–Trinajstić information content (AvgIpc) is 2.91. The fourth-order valence-corrected chi connectivity index (χ4v) is 5.40. The normalized spacial score (nSPS) is 16.1. The lowest BCUT2D eigenvalue weighted by molar-refractivity contribution is 0.317. The number of benzene rings is 2. The second-order valence-electron chi connectivity index (χ2n) is 8.24. The first-order chi connectivity index (χ1) is 17.2. The summed E-state index contributed by atoms with van der Waals surface area (Å²) in [7, 11) is 3.20. The molecule has 0 amide bonds. The summed E-state index contributed by atoms with van der Waals surface area (Å²) in [5.74, 6) is 1.99. The van der Waals surface area contributed by atoms with Gasteiger partial charge in [0.1, 0.15) is 22.9 Å². The monoisotopic (exact) mass is 494 g/mol. The fourth-order valence-electron chi connectivity index (χ4n) is 4.28. The van der Waals surface area contributed by atoms with Crippen LogP contribution in [0.5, 0.6) is 11.5 Å². The number of hydrogen-bond acceptors (Lipinski definition) is 7. The van der Waals surface area contributed by atoms with Crippen molar-refractivity contribution in [2.24, 2.45) is 10.3 Å². The van der Waals surface area contributed by atoms with E-state index in [0.29, 0.717) is 34.0 Å². The van der Waals surface area contributed by atoms with E-state index in [-0.39, 0.29) is 5.25 Å². The SMILES string of the molecule is CCCCCCC(SCC=Cc1ccccc1)c1cc(OC)c2c(c1OC)C(=NO)C=CC2=NO. The van der Waals surface area contributed by atoms with E-state index in [0.717, 1.165) is 24.2 Å². The molecule has 0 heterocycles. The largest absolute Gasteiger partial charge is 0.496 e. The van der Waals surface area contributed by atoms with Gasteiger partial charge < -0.3 is 19.9 Å². The molecule has 2 aromatic rings. The highest BCUT2D eigenvalue weighted by atomic mass is 32.2. The summed E-state index contributed by atoms with van der Waals surface area (Å²) < 4.78 is 11.6. The van der Waals surface area contributed by atoms with Crippen LogP contribution in [0.4, 0.5) is 0 Å². The van der Waals surface area contributed by atoms with Crippen LogP contribution in [-0.2, 0) is 0 Å². The Bertz CT molecular complexity index is 1090. The molecule has 1 aliphatic rings. The summed E-state index contributed by atoms with van der Waals surface area (Å²) in [5.41, 5.74) is 3.93. The van der Waals surface area contributed by atoms with Crippen LogP contribution in [-0.4, -0.2) is 41.8 Å². The second-order valence-corrected chi connectivity index (χ2v) is 9.48. The van der Waals surface area contributed by atoms with Crippen LogP contribution in [0.3, 0.4) is 0 Å². The summed E-state index contributed by atoms with van der Waals surface area (Å²) in [6.07, 6.45) is 13.1. The van der Waals surface area contributed by atoms with Gasteiger partial charge in [-0.25, -0.2) is 0 Å². The van der Waals surface area contributed by atoms with Crippen molar-refractivity contribution >= 4 is 29.3 Å². The molecule has 186 valence electrons. The Kier molecular flexibility index (Phi) is 10.3. The summed E-state index contributed by atoms with van der Waals surface area (Å²) >= 11 is 1.84. The molecule has 0 aliphatic heterocycles. The summed E-state index contributed by atoms with van der Waals surface area (Å²) in [4.78, 5) is 0. The van der Waals surface area contributed by atoms with E-state index in [9.17, 15) is 10.4 Å². The van der Waals surface area contributed by atoms with Crippen molar-refractivity contribution in [3.63, 3.8) is 0 Å². The van der Waals surface area contributed by atoms with Gasteiger partial charge >= 0.3 is 0 Å². The number of fused-ring (bicyclic) bond motifs is 1. The van der Waals surface area contributed by atoms with Crippen molar-refractivity contribution in [1.29, 1.82) is 0 Å². The highest BCUT2D eigenvalue weighted by Crippen LogP contribution is 2.46. The van der Waals surface area contributed by atoms with E-state index in [4.69, 9.17) is 9.47 Å². The van der Waals surface area contributed by atoms with Gasteiger partial charge in [-0.15, -0.1) is 11.8 Å². The van der Waals surface area contributed by atoms with E-state index >= 15 is 0 Å². The van der Waals surface area contributed by atoms with Gasteiger partial charge in [-0.2, -0.15) is 0 Å². The number of nitrogens with zero attached hydrogens (tertiary/aromatic N) is 2. The number of oxime groups is 2. The van der Waals surface area contributed by atoms with Gasteiger partial charge in [-0.05, 0) is 30.2 Å². The molecule has 7 heteroatoms. The van der Waals surface area contributed by atoms with E-state index < -0.39 is 0 Å². The third-order valence-corrected chi connectivity index (χ3v) is 7.27. The third-order valence-electron chi connectivity index (χ3n) is 5.99. The molecule has 2 N–H and O–H groups in total. The number of thioether (sulfide) groups is 1. The van der Waals surface area contributed by atoms with Gasteiger partial charge in [-0.1, -0.05) is 85.4 Å². The van der Waals surface area contributed by atoms with Gasteiger partial charge in [0.05, 0.1) is 25.3 Å². The van der Waals surface area contributed by atoms with E-state index in [1.165, 1.54) is 24.8 Å². The first-order valence-electron chi connectivity index (χ1n) is 11.9. The van der Waals surface area contributed by atoms with Gasteiger partial charge in [0.15, 0.2) is 0 Å². The molecule has 1 unspecified atom stereocenters. The van der Waals surface area contributed by atoms with Crippen LogP contribution < -0.4 is 9.47 Å². The molecule has 0 radical (unpaired) electrons. The standard InChI is InChI=1S/C28H34N2O4S/c1-4-5-6-10-15-25(35-18-11-14-20-12-8-7-9-13-20)21-19-24(33-2)26-22(29-31)16-17-23(30-32)27(26)28(21)34-3/h7-9,11-14,16-17,19,25,31-32H,4-6,10,15,18H2,1-3H3. The van der Waals surface area contributed by atoms with Crippen LogP contribution in [0.25, 0.3) is 6.08 Å². The average molecular weight is 495 g/mol. The lowest BCUT2D eigenvalue weighted by Gasteiger charge is -2.26. The second kappa shape index (κ2) is 13.6. The fraction of sp³-hybridized carbons (Fsp3) is 0.357. The van der Waals surface area contributed by atoms with E-state index in [2.05, 4.69) is 41.5 Å². The quantitative estimate of drug-likeness (QED) is 0.187. The Hall–Kier alpha value is -3.19. The summed E-state index contributed by atoms with van der Waals surface area (Å²) in [5, 5.41) is 26.3. The molecule has 0 spiro atoms. The maximum Gasteiger partial charge on any atom is 0.133 e. The van der Waals surface area contributed by atoms with Crippen LogP contribution in [0.1, 0.15) is 66.5 Å². The Morgan fingerprint density at radius 2 is 1.66 bits per heavy atom. The van der Waals surface area contributed by atoms with E-state index in [1.807, 2.05) is 36.0 Å². The van der Waals surface area contributed by atoms with Crippen molar-refractivity contribution in [2.75, 3.05) is 20.0 Å². The minimum Gasteiger partial charge on any atom is -0.496 e. The molecule has 2 aromatic carbocycles. The van der Waals surface area contributed by atoms with Crippen molar-refractivity contribution in [1.82, 2.24) is 0 Å². The highest BCUT2D eigenvalue weighted by Gasteiger charge is 2.30. The Labute approximate surface area is 212 Å². The minimum atomic E-state index is 0.141. The number of allylic oxidation sites excluding steroid dienone is 2. The smallest absolute Gasteiger partial charge is 0.133 e. The Morgan fingerprint density at radius 3 is 2.29 bits per heavy atom. The Balaban J connectivity index is 2.00. The molecule has 1 atom stereocenters. The summed E-state index contributed by atoms with van der Waals surface area (Å²) in [6, 6.07) is 12.2. The highest BCUT2D eigenvalue weighted by molar-refractivity contribution is 7.99. The zero-order valence-corrected chi connectivity index (χ0v) is 21.4. The molecule has 6 nitrogen and oxygen atoms in total. The maximum absolute atomic E-state index is 9.72. The predicted octanol–water partition coefficient (Wildman–Crippen LogP) is 7.09. The number of methoxy groups -OCH3 is 2. The lowest BCUT2D eigenvalue weighted by atomic mass is 9.88. The van der Waals surface area contributed by atoms with Crippen LogP contribution >= 0.6 is 11.8 Å².